The molecular weight excluding hydrogens is 424 g/mol. The van der Waals surface area contributed by atoms with E-state index in [1.54, 1.807) is 6.07 Å². The van der Waals surface area contributed by atoms with Gasteiger partial charge < -0.3 is 19.6 Å². The highest BCUT2D eigenvalue weighted by molar-refractivity contribution is 5.83. The van der Waals surface area contributed by atoms with Gasteiger partial charge in [0, 0.05) is 30.1 Å². The molecule has 10 heteroatoms. The average molecular weight is 457 g/mol. The fraction of sp³-hybridized carbons (Fsp3) is 0.565. The number of aliphatic hydroxyl groups excluding tert-OH is 1. The lowest BCUT2D eigenvalue weighted by atomic mass is 9.99. The second-order valence-corrected chi connectivity index (χ2v) is 9.71. The molecular formula is C23H32N6O4. The van der Waals surface area contributed by atoms with E-state index in [1.165, 1.54) is 0 Å². The summed E-state index contributed by atoms with van der Waals surface area (Å²) in [6.45, 7) is 11.9. The van der Waals surface area contributed by atoms with Gasteiger partial charge in [-0.25, -0.2) is 4.68 Å². The van der Waals surface area contributed by atoms with Gasteiger partial charge >= 0.3 is 0 Å². The highest BCUT2D eigenvalue weighted by Gasteiger charge is 2.32. The maximum atomic E-state index is 13.0. The first kappa shape index (κ1) is 23.2. The van der Waals surface area contributed by atoms with Crippen molar-refractivity contribution in [2.24, 2.45) is 5.92 Å². The van der Waals surface area contributed by atoms with Crippen LogP contribution in [0.3, 0.4) is 0 Å². The minimum atomic E-state index is -0.307. The van der Waals surface area contributed by atoms with Gasteiger partial charge in [-0.05, 0) is 49.2 Å². The maximum absolute atomic E-state index is 13.0. The molecule has 0 bridgehead atoms. The van der Waals surface area contributed by atoms with Crippen molar-refractivity contribution in [3.05, 3.63) is 39.9 Å². The van der Waals surface area contributed by atoms with Crippen molar-refractivity contribution in [3.8, 4) is 11.5 Å². The number of fused-ring (bicyclic) bond motifs is 2. The van der Waals surface area contributed by atoms with Gasteiger partial charge in [0.05, 0.1) is 23.7 Å². The summed E-state index contributed by atoms with van der Waals surface area (Å²) in [6.07, 6.45) is 0. The molecule has 10 nitrogen and oxygen atoms in total. The van der Waals surface area contributed by atoms with E-state index in [1.807, 2.05) is 37.6 Å². The van der Waals surface area contributed by atoms with Gasteiger partial charge in [-0.1, -0.05) is 13.8 Å². The van der Waals surface area contributed by atoms with E-state index in [2.05, 4.69) is 39.3 Å². The number of hydrogen-bond donors (Lipinski definition) is 2. The van der Waals surface area contributed by atoms with E-state index in [0.29, 0.717) is 54.7 Å². The second-order valence-electron chi connectivity index (χ2n) is 9.71. The molecule has 178 valence electrons. The van der Waals surface area contributed by atoms with Gasteiger partial charge in [0.1, 0.15) is 13.2 Å². The molecule has 1 atom stereocenters. The number of aromatic nitrogens is 5. The van der Waals surface area contributed by atoms with Crippen LogP contribution >= 0.6 is 0 Å². The summed E-state index contributed by atoms with van der Waals surface area (Å²) < 4.78 is 13.1. The first-order chi connectivity index (χ1) is 15.7. The molecule has 0 unspecified atom stereocenters. The van der Waals surface area contributed by atoms with E-state index < -0.39 is 0 Å². The molecule has 0 saturated carbocycles. The molecule has 1 aliphatic rings. The minimum Gasteiger partial charge on any atom is -0.486 e. The molecule has 0 aliphatic carbocycles. The number of nitrogens with one attached hydrogen (secondary N) is 1. The first-order valence-electron chi connectivity index (χ1n) is 11.3. The van der Waals surface area contributed by atoms with Gasteiger partial charge in [-0.15, -0.1) is 5.10 Å². The zero-order valence-corrected chi connectivity index (χ0v) is 19.8. The number of aromatic amines is 1. The highest BCUT2D eigenvalue weighted by Crippen LogP contribution is 2.34. The number of rotatable bonds is 7. The first-order valence-corrected chi connectivity index (χ1v) is 11.3. The van der Waals surface area contributed by atoms with Gasteiger partial charge in [0.15, 0.2) is 17.3 Å². The Kier molecular flexibility index (Phi) is 6.40. The summed E-state index contributed by atoms with van der Waals surface area (Å²) in [5.74, 6) is 2.15. The second kappa shape index (κ2) is 9.11. The third-order valence-electron chi connectivity index (χ3n) is 5.76. The van der Waals surface area contributed by atoms with Gasteiger partial charge in [-0.3, -0.25) is 9.69 Å². The summed E-state index contributed by atoms with van der Waals surface area (Å²) in [5, 5.41) is 23.2. The highest BCUT2D eigenvalue weighted by atomic mass is 16.6. The Labute approximate surface area is 192 Å². The van der Waals surface area contributed by atoms with Crippen molar-refractivity contribution in [3.63, 3.8) is 0 Å². The van der Waals surface area contributed by atoms with Crippen LogP contribution in [0.25, 0.3) is 10.9 Å². The molecule has 2 aromatic heterocycles. The molecule has 0 radical (unpaired) electrons. The molecule has 0 saturated heterocycles. The Hall–Kier alpha value is -2.98. The Morgan fingerprint density at radius 1 is 1.18 bits per heavy atom. The van der Waals surface area contributed by atoms with Crippen LogP contribution < -0.4 is 15.0 Å². The van der Waals surface area contributed by atoms with Crippen molar-refractivity contribution in [1.82, 2.24) is 30.1 Å². The van der Waals surface area contributed by atoms with Crippen LogP contribution in [0.2, 0.25) is 0 Å². The molecule has 2 N–H and O–H groups in total. The van der Waals surface area contributed by atoms with Crippen LogP contribution in [0.1, 0.15) is 52.0 Å². The number of tetrazole rings is 1. The van der Waals surface area contributed by atoms with Crippen LogP contribution in [0, 0.1) is 5.92 Å². The Balaban J connectivity index is 1.73. The number of pyridine rings is 1. The molecule has 0 fully saturated rings. The summed E-state index contributed by atoms with van der Waals surface area (Å²) >= 11 is 0. The minimum absolute atomic E-state index is 0.0511. The molecule has 0 spiro atoms. The lowest BCUT2D eigenvalue weighted by Crippen LogP contribution is -2.39. The number of benzene rings is 1. The van der Waals surface area contributed by atoms with E-state index >= 15 is 0 Å². The zero-order valence-electron chi connectivity index (χ0n) is 19.8. The Bertz CT molecular complexity index is 1180. The average Bonchev–Trinajstić information content (AvgIpc) is 3.23. The van der Waals surface area contributed by atoms with Crippen molar-refractivity contribution in [1.29, 1.82) is 0 Å². The largest absolute Gasteiger partial charge is 0.486 e. The van der Waals surface area contributed by atoms with Crippen molar-refractivity contribution in [2.75, 3.05) is 26.4 Å². The SMILES string of the molecule is CC(C)[C@H](c1nnnn1C(C)(C)C)N(CCO)Cc1cc2cc3c(cc2[nH]c1=O)OCCO3. The third kappa shape index (κ3) is 4.72. The third-order valence-corrected chi connectivity index (χ3v) is 5.76. The lowest BCUT2D eigenvalue weighted by molar-refractivity contribution is 0.101. The predicted molar refractivity (Wildman–Crippen MR) is 123 cm³/mol. The van der Waals surface area contributed by atoms with E-state index in [-0.39, 0.29) is 29.7 Å². The molecule has 3 aromatic rings. The van der Waals surface area contributed by atoms with Crippen molar-refractivity contribution in [2.45, 2.75) is 52.7 Å². The van der Waals surface area contributed by atoms with Crippen LogP contribution in [-0.2, 0) is 12.1 Å². The molecule has 4 rings (SSSR count). The predicted octanol–water partition coefficient (Wildman–Crippen LogP) is 2.23. The fourth-order valence-corrected chi connectivity index (χ4v) is 4.31. The standard InChI is InChI=1S/C23H32N6O4/c1-14(2)20(21-25-26-27-29(21)23(3,4)5)28(6-7-30)13-16-10-15-11-18-19(33-9-8-32-18)12-17(15)24-22(16)31/h10-12,14,20,30H,6-9,13H2,1-5H3,(H,24,31)/t20-/m1/s1. The van der Waals surface area contributed by atoms with Crippen molar-refractivity contribution < 1.29 is 14.6 Å². The molecule has 33 heavy (non-hydrogen) atoms. The smallest absolute Gasteiger partial charge is 0.252 e. The summed E-state index contributed by atoms with van der Waals surface area (Å²) in [6, 6.07) is 5.37. The zero-order chi connectivity index (χ0) is 23.8. The Morgan fingerprint density at radius 3 is 2.52 bits per heavy atom. The number of ether oxygens (including phenoxy) is 2. The topological polar surface area (TPSA) is 118 Å². The maximum Gasteiger partial charge on any atom is 0.252 e. The van der Waals surface area contributed by atoms with Crippen molar-refractivity contribution >= 4 is 10.9 Å². The van der Waals surface area contributed by atoms with Crippen LogP contribution in [0.4, 0.5) is 0 Å². The van der Waals surface area contributed by atoms with Gasteiger partial charge in [0.2, 0.25) is 0 Å². The normalized spacial score (nSPS) is 14.9. The molecule has 1 aliphatic heterocycles. The quantitative estimate of drug-likeness (QED) is 0.556. The Morgan fingerprint density at radius 2 is 1.88 bits per heavy atom. The number of nitrogens with zero attached hydrogens (tertiary/aromatic N) is 5. The van der Waals surface area contributed by atoms with E-state index in [9.17, 15) is 9.90 Å². The lowest BCUT2D eigenvalue weighted by Gasteiger charge is -2.34. The van der Waals surface area contributed by atoms with Crippen LogP contribution in [0.5, 0.6) is 11.5 Å². The van der Waals surface area contributed by atoms with E-state index in [0.717, 1.165) is 5.39 Å². The summed E-state index contributed by atoms with van der Waals surface area (Å²) in [7, 11) is 0. The number of aliphatic hydroxyl groups is 1. The fourth-order valence-electron chi connectivity index (χ4n) is 4.31. The van der Waals surface area contributed by atoms with Gasteiger partial charge in [-0.2, -0.15) is 0 Å². The monoisotopic (exact) mass is 456 g/mol. The molecule has 3 heterocycles. The molecule has 0 amide bonds. The summed E-state index contributed by atoms with van der Waals surface area (Å²) in [5.41, 5.74) is 0.797. The van der Waals surface area contributed by atoms with Crippen LogP contribution in [0.15, 0.2) is 23.0 Å². The number of hydrogen-bond acceptors (Lipinski definition) is 8. The summed E-state index contributed by atoms with van der Waals surface area (Å²) in [4.78, 5) is 18.0. The van der Waals surface area contributed by atoms with E-state index in [4.69, 9.17) is 9.47 Å². The molecule has 1 aromatic carbocycles. The van der Waals surface area contributed by atoms with Gasteiger partial charge in [0.25, 0.3) is 5.56 Å². The number of H-pyrrole nitrogens is 1. The van der Waals surface area contributed by atoms with Crippen LogP contribution in [-0.4, -0.2) is 61.6 Å².